The van der Waals surface area contributed by atoms with Crippen LogP contribution in [0, 0.1) is 0 Å². The number of anilines is 1. The molecule has 4 nitrogen and oxygen atoms in total. The SMILES string of the molecule is C[C@]12CCCO[C@H]1N(CCCBr)/C(=C/C(=O)Nc1ccccc1)S2. The van der Waals surface area contributed by atoms with E-state index in [-0.39, 0.29) is 16.9 Å². The summed E-state index contributed by atoms with van der Waals surface area (Å²) in [4.78, 5) is 14.7. The molecule has 2 saturated heterocycles. The van der Waals surface area contributed by atoms with Gasteiger partial charge in [-0.05, 0) is 38.3 Å². The fourth-order valence-corrected chi connectivity index (χ4v) is 4.98. The molecule has 2 aliphatic heterocycles. The third-order valence-corrected chi connectivity index (χ3v) is 6.34. The maximum Gasteiger partial charge on any atom is 0.250 e. The molecule has 0 aliphatic carbocycles. The van der Waals surface area contributed by atoms with Crippen LogP contribution >= 0.6 is 27.7 Å². The molecular weight excluding hydrogens is 388 g/mol. The van der Waals surface area contributed by atoms with Crippen LogP contribution in [0.3, 0.4) is 0 Å². The summed E-state index contributed by atoms with van der Waals surface area (Å²) in [7, 11) is 0. The van der Waals surface area contributed by atoms with Gasteiger partial charge in [0, 0.05) is 30.2 Å². The molecule has 1 amide bonds. The first-order valence-electron chi connectivity index (χ1n) is 8.33. The van der Waals surface area contributed by atoms with Gasteiger partial charge >= 0.3 is 0 Å². The Balaban J connectivity index is 1.77. The van der Waals surface area contributed by atoms with E-state index < -0.39 is 0 Å². The van der Waals surface area contributed by atoms with Gasteiger partial charge in [-0.15, -0.1) is 0 Å². The van der Waals surface area contributed by atoms with Crippen molar-refractivity contribution in [3.63, 3.8) is 0 Å². The van der Waals surface area contributed by atoms with Gasteiger partial charge in [0.05, 0.1) is 9.78 Å². The summed E-state index contributed by atoms with van der Waals surface area (Å²) in [6.45, 7) is 3.94. The van der Waals surface area contributed by atoms with Crippen LogP contribution in [0.2, 0.25) is 0 Å². The van der Waals surface area contributed by atoms with E-state index in [9.17, 15) is 4.79 Å². The zero-order chi connectivity index (χ0) is 17.0. The topological polar surface area (TPSA) is 41.6 Å². The smallest absolute Gasteiger partial charge is 0.250 e. The molecular formula is C18H23BrN2O2S. The van der Waals surface area contributed by atoms with Crippen molar-refractivity contribution in [2.24, 2.45) is 0 Å². The highest BCUT2D eigenvalue weighted by Gasteiger charge is 2.49. The van der Waals surface area contributed by atoms with Crippen molar-refractivity contribution < 1.29 is 9.53 Å². The van der Waals surface area contributed by atoms with Crippen LogP contribution in [-0.2, 0) is 9.53 Å². The number of hydrogen-bond donors (Lipinski definition) is 1. The predicted octanol–water partition coefficient (Wildman–Crippen LogP) is 4.20. The zero-order valence-electron chi connectivity index (χ0n) is 13.8. The lowest BCUT2D eigenvalue weighted by molar-refractivity contribution is -0.112. The second-order valence-electron chi connectivity index (χ2n) is 6.32. The fraction of sp³-hybridized carbons (Fsp3) is 0.500. The third-order valence-electron chi connectivity index (χ3n) is 4.35. The van der Waals surface area contributed by atoms with Gasteiger partial charge in [0.25, 0.3) is 5.91 Å². The van der Waals surface area contributed by atoms with Gasteiger partial charge in [-0.2, -0.15) is 0 Å². The Morgan fingerprint density at radius 3 is 3.04 bits per heavy atom. The first kappa shape index (κ1) is 17.8. The summed E-state index contributed by atoms with van der Waals surface area (Å²) in [5.74, 6) is -0.0882. The van der Waals surface area contributed by atoms with Crippen molar-refractivity contribution in [1.82, 2.24) is 4.90 Å². The van der Waals surface area contributed by atoms with E-state index in [1.165, 1.54) is 0 Å². The largest absolute Gasteiger partial charge is 0.357 e. The Morgan fingerprint density at radius 2 is 2.29 bits per heavy atom. The fourth-order valence-electron chi connectivity index (χ4n) is 3.23. The zero-order valence-corrected chi connectivity index (χ0v) is 16.2. The minimum absolute atomic E-state index is 0.0312. The molecule has 2 atom stereocenters. The molecule has 24 heavy (non-hydrogen) atoms. The number of para-hydroxylation sites is 1. The van der Waals surface area contributed by atoms with E-state index in [1.807, 2.05) is 30.3 Å². The molecule has 1 aromatic carbocycles. The molecule has 0 radical (unpaired) electrons. The molecule has 0 aromatic heterocycles. The van der Waals surface area contributed by atoms with Crippen molar-refractivity contribution in [1.29, 1.82) is 0 Å². The van der Waals surface area contributed by atoms with Crippen LogP contribution < -0.4 is 5.32 Å². The molecule has 0 saturated carbocycles. The van der Waals surface area contributed by atoms with Crippen LogP contribution in [-0.4, -0.2) is 40.3 Å². The molecule has 1 aromatic rings. The second kappa shape index (κ2) is 7.93. The predicted molar refractivity (Wildman–Crippen MR) is 103 cm³/mol. The number of carbonyl (C=O) groups is 1. The normalized spacial score (nSPS) is 28.0. The van der Waals surface area contributed by atoms with Gasteiger partial charge in [0.2, 0.25) is 0 Å². The van der Waals surface area contributed by atoms with Crippen molar-refractivity contribution in [3.05, 3.63) is 41.4 Å². The van der Waals surface area contributed by atoms with Crippen LogP contribution in [0.4, 0.5) is 5.69 Å². The van der Waals surface area contributed by atoms with E-state index in [2.05, 4.69) is 33.1 Å². The average molecular weight is 411 g/mol. The lowest BCUT2D eigenvalue weighted by Crippen LogP contribution is -2.47. The Hall–Kier alpha value is -0.980. The van der Waals surface area contributed by atoms with E-state index in [1.54, 1.807) is 17.8 Å². The highest BCUT2D eigenvalue weighted by atomic mass is 79.9. The number of ether oxygens (including phenoxy) is 1. The van der Waals surface area contributed by atoms with Crippen molar-refractivity contribution in [2.75, 3.05) is 23.8 Å². The summed E-state index contributed by atoms with van der Waals surface area (Å²) >= 11 is 5.28. The molecule has 2 heterocycles. The summed E-state index contributed by atoms with van der Waals surface area (Å²) in [5, 5.41) is 4.89. The molecule has 3 rings (SSSR count). The van der Waals surface area contributed by atoms with Crippen LogP contribution in [0.1, 0.15) is 26.2 Å². The number of benzene rings is 1. The Labute approximate surface area is 156 Å². The number of halogens is 1. The number of nitrogens with one attached hydrogen (secondary N) is 1. The lowest BCUT2D eigenvalue weighted by Gasteiger charge is -2.38. The third kappa shape index (κ3) is 3.98. The number of amides is 1. The minimum atomic E-state index is -0.0882. The summed E-state index contributed by atoms with van der Waals surface area (Å²) in [6.07, 6.45) is 5.00. The van der Waals surface area contributed by atoms with Crippen LogP contribution in [0.15, 0.2) is 41.4 Å². The second-order valence-corrected chi connectivity index (χ2v) is 8.66. The number of thioether (sulfide) groups is 1. The molecule has 130 valence electrons. The van der Waals surface area contributed by atoms with E-state index in [0.717, 1.165) is 48.5 Å². The molecule has 2 aliphatic rings. The van der Waals surface area contributed by atoms with Crippen LogP contribution in [0.5, 0.6) is 0 Å². The Bertz CT molecular complexity index is 610. The molecule has 0 spiro atoms. The van der Waals surface area contributed by atoms with Crippen LogP contribution in [0.25, 0.3) is 0 Å². The lowest BCUT2D eigenvalue weighted by atomic mass is 9.99. The summed E-state index contributed by atoms with van der Waals surface area (Å²) in [5.41, 5.74) is 0.814. The van der Waals surface area contributed by atoms with Crippen molar-refractivity contribution in [3.8, 4) is 0 Å². The summed E-state index contributed by atoms with van der Waals surface area (Å²) < 4.78 is 6.09. The van der Waals surface area contributed by atoms with E-state index in [0.29, 0.717) is 0 Å². The van der Waals surface area contributed by atoms with E-state index >= 15 is 0 Å². The van der Waals surface area contributed by atoms with Gasteiger partial charge in [-0.3, -0.25) is 4.79 Å². The highest BCUT2D eigenvalue weighted by Crippen LogP contribution is 2.51. The number of fused-ring (bicyclic) bond motifs is 1. The van der Waals surface area contributed by atoms with E-state index in [4.69, 9.17) is 4.74 Å². The van der Waals surface area contributed by atoms with Crippen molar-refractivity contribution in [2.45, 2.75) is 37.2 Å². The number of nitrogens with zero attached hydrogens (tertiary/aromatic N) is 1. The Morgan fingerprint density at radius 1 is 1.50 bits per heavy atom. The standard InChI is InChI=1S/C18H23BrN2O2S/c1-18-9-5-12-23-17(18)21(11-6-10-19)16(24-18)13-15(22)20-14-7-3-2-4-8-14/h2-4,7-8,13,17H,5-6,9-12H2,1H3,(H,20,22)/b16-13-/t17-,18+/m1/s1. The first-order valence-corrected chi connectivity index (χ1v) is 10.3. The van der Waals surface area contributed by atoms with Crippen molar-refractivity contribution >= 4 is 39.3 Å². The quantitative estimate of drug-likeness (QED) is 0.583. The van der Waals surface area contributed by atoms with Gasteiger partial charge < -0.3 is 15.0 Å². The monoisotopic (exact) mass is 410 g/mol. The molecule has 0 bridgehead atoms. The number of carbonyl (C=O) groups excluding carboxylic acids is 1. The van der Waals surface area contributed by atoms with Gasteiger partial charge in [0.1, 0.15) is 6.23 Å². The molecule has 6 heteroatoms. The van der Waals surface area contributed by atoms with Gasteiger partial charge in [-0.25, -0.2) is 0 Å². The first-order chi connectivity index (χ1) is 11.6. The number of hydrogen-bond acceptors (Lipinski definition) is 4. The minimum Gasteiger partial charge on any atom is -0.357 e. The van der Waals surface area contributed by atoms with Gasteiger partial charge in [0.15, 0.2) is 0 Å². The Kier molecular flexibility index (Phi) is 5.89. The maximum absolute atomic E-state index is 12.4. The average Bonchev–Trinajstić information content (AvgIpc) is 2.84. The van der Waals surface area contributed by atoms with Gasteiger partial charge in [-0.1, -0.05) is 45.9 Å². The number of rotatable bonds is 5. The number of alkyl halides is 1. The summed E-state index contributed by atoms with van der Waals surface area (Å²) in [6, 6.07) is 9.56. The molecule has 0 unspecified atom stereocenters. The molecule has 1 N–H and O–H groups in total. The highest BCUT2D eigenvalue weighted by molar-refractivity contribution is 9.09. The maximum atomic E-state index is 12.4. The molecule has 2 fully saturated rings.